The Morgan fingerprint density at radius 2 is 1.65 bits per heavy atom. The Kier molecular flexibility index (Phi) is 5.60. The highest BCUT2D eigenvalue weighted by Crippen LogP contribution is 2.14. The fourth-order valence-corrected chi connectivity index (χ4v) is 2.06. The summed E-state index contributed by atoms with van der Waals surface area (Å²) in [6.45, 7) is 5.05. The van der Waals surface area contributed by atoms with Crippen molar-refractivity contribution in [3.8, 4) is 5.75 Å². The summed E-state index contributed by atoms with van der Waals surface area (Å²) < 4.78 is 5.59. The summed E-state index contributed by atoms with van der Waals surface area (Å²) >= 11 is 0. The lowest BCUT2D eigenvalue weighted by atomic mass is 10.1. The molecule has 0 fully saturated rings. The van der Waals surface area contributed by atoms with E-state index in [-0.39, 0.29) is 0 Å². The van der Waals surface area contributed by atoms with Gasteiger partial charge in [0, 0.05) is 11.9 Å². The number of aryl methyl sites for hydroxylation is 3. The van der Waals surface area contributed by atoms with E-state index in [2.05, 4.69) is 55.2 Å². The van der Waals surface area contributed by atoms with E-state index in [0.717, 1.165) is 43.7 Å². The third-order valence-corrected chi connectivity index (χ3v) is 3.36. The summed E-state index contributed by atoms with van der Waals surface area (Å²) in [5.74, 6) is 0.959. The van der Waals surface area contributed by atoms with Crippen molar-refractivity contribution in [3.63, 3.8) is 0 Å². The fraction of sp³-hybridized carbons (Fsp3) is 0.389. The number of hydrogen-bond acceptors (Lipinski definition) is 2. The van der Waals surface area contributed by atoms with Crippen LogP contribution in [0.3, 0.4) is 0 Å². The van der Waals surface area contributed by atoms with Gasteiger partial charge in [0.25, 0.3) is 0 Å². The number of nitrogens with zero attached hydrogens (tertiary/aromatic N) is 1. The minimum atomic E-state index is 0.785. The minimum Gasteiger partial charge on any atom is -0.494 e. The summed E-state index contributed by atoms with van der Waals surface area (Å²) in [5, 5.41) is 0. The van der Waals surface area contributed by atoms with Crippen LogP contribution in [0.25, 0.3) is 0 Å². The van der Waals surface area contributed by atoms with E-state index in [9.17, 15) is 0 Å². The maximum absolute atomic E-state index is 5.59. The van der Waals surface area contributed by atoms with E-state index in [0.29, 0.717) is 0 Å². The molecule has 0 unspecified atom stereocenters. The Balaban J connectivity index is 1.86. The Morgan fingerprint density at radius 3 is 2.25 bits per heavy atom. The van der Waals surface area contributed by atoms with Gasteiger partial charge in [0.05, 0.1) is 6.61 Å². The van der Waals surface area contributed by atoms with Crippen LogP contribution in [0.4, 0.5) is 0 Å². The molecule has 0 atom stereocenters. The average molecular weight is 269 g/mol. The van der Waals surface area contributed by atoms with Crippen molar-refractivity contribution >= 4 is 0 Å². The van der Waals surface area contributed by atoms with Gasteiger partial charge < -0.3 is 4.74 Å². The molecule has 0 amide bonds. The van der Waals surface area contributed by atoms with Crippen LogP contribution in [0, 0.1) is 0 Å². The van der Waals surface area contributed by atoms with Gasteiger partial charge >= 0.3 is 0 Å². The lowest BCUT2D eigenvalue weighted by molar-refractivity contribution is 0.317. The van der Waals surface area contributed by atoms with Crippen LogP contribution in [0.5, 0.6) is 5.75 Å². The Morgan fingerprint density at radius 1 is 0.900 bits per heavy atom. The molecule has 0 bridgehead atoms. The zero-order valence-electron chi connectivity index (χ0n) is 12.4. The molecular formula is C18H23NO. The van der Waals surface area contributed by atoms with Crippen LogP contribution in [0.2, 0.25) is 0 Å². The third-order valence-electron chi connectivity index (χ3n) is 3.36. The first-order valence-electron chi connectivity index (χ1n) is 7.47. The van der Waals surface area contributed by atoms with Crippen molar-refractivity contribution < 1.29 is 4.74 Å². The summed E-state index contributed by atoms with van der Waals surface area (Å²) in [4.78, 5) is 4.50. The topological polar surface area (TPSA) is 22.1 Å². The molecule has 0 radical (unpaired) electrons. The number of ether oxygens (including phenoxy) is 1. The van der Waals surface area contributed by atoms with E-state index in [1.807, 2.05) is 6.20 Å². The highest BCUT2D eigenvalue weighted by Gasteiger charge is 1.99. The summed E-state index contributed by atoms with van der Waals surface area (Å²) in [7, 11) is 0. The van der Waals surface area contributed by atoms with E-state index in [1.54, 1.807) is 0 Å². The predicted octanol–water partition coefficient (Wildman–Crippen LogP) is 4.22. The second-order valence-corrected chi connectivity index (χ2v) is 5.00. The molecule has 1 heterocycles. The van der Waals surface area contributed by atoms with Gasteiger partial charge in [-0.15, -0.1) is 0 Å². The minimum absolute atomic E-state index is 0.785. The first-order valence-corrected chi connectivity index (χ1v) is 7.47. The Labute approximate surface area is 121 Å². The molecule has 0 saturated carbocycles. The van der Waals surface area contributed by atoms with Gasteiger partial charge in [0.15, 0.2) is 0 Å². The van der Waals surface area contributed by atoms with Crippen molar-refractivity contribution in [2.45, 2.75) is 39.5 Å². The molecule has 0 aliphatic rings. The standard InChI is InChI=1S/C18H23NO/c1-3-13-20-18-11-7-16(8-12-18)6-10-17-9-5-15(4-2)14-19-17/h5,7-9,11-12,14H,3-4,6,10,13H2,1-2H3. The zero-order chi connectivity index (χ0) is 14.2. The molecule has 0 aliphatic carbocycles. The van der Waals surface area contributed by atoms with Crippen molar-refractivity contribution in [1.29, 1.82) is 0 Å². The van der Waals surface area contributed by atoms with Gasteiger partial charge in [-0.3, -0.25) is 4.98 Å². The summed E-state index contributed by atoms with van der Waals surface area (Å²) in [6, 6.07) is 12.7. The molecule has 106 valence electrons. The third kappa shape index (κ3) is 4.37. The monoisotopic (exact) mass is 269 g/mol. The fourth-order valence-electron chi connectivity index (χ4n) is 2.06. The van der Waals surface area contributed by atoms with E-state index in [4.69, 9.17) is 4.74 Å². The molecular weight excluding hydrogens is 246 g/mol. The number of hydrogen-bond donors (Lipinski definition) is 0. The molecule has 0 N–H and O–H groups in total. The van der Waals surface area contributed by atoms with E-state index in [1.165, 1.54) is 11.1 Å². The molecule has 0 aliphatic heterocycles. The van der Waals surface area contributed by atoms with Gasteiger partial charge in [-0.05, 0) is 55.0 Å². The van der Waals surface area contributed by atoms with Crippen LogP contribution in [-0.2, 0) is 19.3 Å². The number of benzene rings is 1. The molecule has 2 heteroatoms. The molecule has 2 nitrogen and oxygen atoms in total. The second-order valence-electron chi connectivity index (χ2n) is 5.00. The van der Waals surface area contributed by atoms with Crippen molar-refractivity contribution in [2.75, 3.05) is 6.61 Å². The second kappa shape index (κ2) is 7.68. The first kappa shape index (κ1) is 14.6. The van der Waals surface area contributed by atoms with Crippen LogP contribution < -0.4 is 4.74 Å². The maximum Gasteiger partial charge on any atom is 0.119 e. The normalized spacial score (nSPS) is 10.5. The van der Waals surface area contributed by atoms with Crippen LogP contribution in [0.1, 0.15) is 37.1 Å². The molecule has 1 aromatic carbocycles. The maximum atomic E-state index is 5.59. The molecule has 2 rings (SSSR count). The SMILES string of the molecule is CCCOc1ccc(CCc2ccc(CC)cn2)cc1. The van der Waals surface area contributed by atoms with Crippen LogP contribution >= 0.6 is 0 Å². The van der Waals surface area contributed by atoms with Gasteiger partial charge in [-0.25, -0.2) is 0 Å². The highest BCUT2D eigenvalue weighted by molar-refractivity contribution is 5.28. The van der Waals surface area contributed by atoms with Gasteiger partial charge in [-0.1, -0.05) is 32.0 Å². The lowest BCUT2D eigenvalue weighted by Crippen LogP contribution is -1.97. The van der Waals surface area contributed by atoms with Gasteiger partial charge in [-0.2, -0.15) is 0 Å². The zero-order valence-corrected chi connectivity index (χ0v) is 12.4. The van der Waals surface area contributed by atoms with Crippen molar-refractivity contribution in [1.82, 2.24) is 4.98 Å². The highest BCUT2D eigenvalue weighted by atomic mass is 16.5. The number of pyridine rings is 1. The number of rotatable bonds is 7. The van der Waals surface area contributed by atoms with Crippen molar-refractivity contribution in [3.05, 3.63) is 59.4 Å². The lowest BCUT2D eigenvalue weighted by Gasteiger charge is -2.06. The quantitative estimate of drug-likeness (QED) is 0.751. The average Bonchev–Trinajstić information content (AvgIpc) is 2.52. The molecule has 20 heavy (non-hydrogen) atoms. The molecule has 1 aromatic heterocycles. The summed E-state index contributed by atoms with van der Waals surface area (Å²) in [5.41, 5.74) is 3.79. The van der Waals surface area contributed by atoms with Crippen molar-refractivity contribution in [2.24, 2.45) is 0 Å². The smallest absolute Gasteiger partial charge is 0.119 e. The largest absolute Gasteiger partial charge is 0.494 e. The predicted molar refractivity (Wildman–Crippen MR) is 83.3 cm³/mol. The van der Waals surface area contributed by atoms with E-state index >= 15 is 0 Å². The summed E-state index contributed by atoms with van der Waals surface area (Å²) in [6.07, 6.45) is 6.08. The van der Waals surface area contributed by atoms with Crippen LogP contribution in [-0.4, -0.2) is 11.6 Å². The van der Waals surface area contributed by atoms with Gasteiger partial charge in [0.2, 0.25) is 0 Å². The molecule has 0 spiro atoms. The van der Waals surface area contributed by atoms with Crippen LogP contribution in [0.15, 0.2) is 42.6 Å². The van der Waals surface area contributed by atoms with E-state index < -0.39 is 0 Å². The Hall–Kier alpha value is -1.83. The first-order chi connectivity index (χ1) is 9.81. The number of aromatic nitrogens is 1. The van der Waals surface area contributed by atoms with Gasteiger partial charge in [0.1, 0.15) is 5.75 Å². The Bertz CT molecular complexity index is 502. The molecule has 0 saturated heterocycles. The molecule has 2 aromatic rings.